The highest BCUT2D eigenvalue weighted by Gasteiger charge is 2.17. The second-order valence-corrected chi connectivity index (χ2v) is 4.02. The van der Waals surface area contributed by atoms with Gasteiger partial charge in [-0.15, -0.1) is 0 Å². The summed E-state index contributed by atoms with van der Waals surface area (Å²) in [6, 6.07) is 10.2. The quantitative estimate of drug-likeness (QED) is 0.823. The molecule has 0 saturated carbocycles. The maximum absolute atomic E-state index is 11.5. The van der Waals surface area contributed by atoms with Crippen molar-refractivity contribution in [3.05, 3.63) is 47.7 Å². The fourth-order valence-corrected chi connectivity index (χ4v) is 1.91. The van der Waals surface area contributed by atoms with E-state index < -0.39 is 0 Å². The van der Waals surface area contributed by atoms with Crippen LogP contribution in [-0.4, -0.2) is 30.8 Å². The molecule has 84 valence electrons. The average Bonchev–Trinajstić information content (AvgIpc) is 2.29. The molecule has 1 aromatic rings. The number of benzene rings is 1. The van der Waals surface area contributed by atoms with Gasteiger partial charge in [-0.25, -0.2) is 0 Å². The van der Waals surface area contributed by atoms with E-state index in [9.17, 15) is 4.79 Å². The molecular formula is C13H16N2O. The lowest BCUT2D eigenvalue weighted by atomic mass is 10.1. The van der Waals surface area contributed by atoms with Gasteiger partial charge in [0.2, 0.25) is 0 Å². The molecule has 0 fully saturated rings. The normalized spacial score (nSPS) is 17.1. The molecular weight excluding hydrogens is 200 g/mol. The van der Waals surface area contributed by atoms with Crippen LogP contribution in [0.3, 0.4) is 0 Å². The summed E-state index contributed by atoms with van der Waals surface area (Å²) in [5.41, 5.74) is 2.24. The van der Waals surface area contributed by atoms with Crippen molar-refractivity contribution in [1.82, 2.24) is 10.2 Å². The minimum atomic E-state index is 0.173. The molecule has 1 heterocycles. The zero-order valence-electron chi connectivity index (χ0n) is 9.44. The van der Waals surface area contributed by atoms with Crippen molar-refractivity contribution in [3.8, 4) is 0 Å². The highest BCUT2D eigenvalue weighted by Crippen LogP contribution is 2.09. The molecule has 1 aliphatic heterocycles. The van der Waals surface area contributed by atoms with Crippen LogP contribution in [-0.2, 0) is 11.3 Å². The van der Waals surface area contributed by atoms with E-state index in [4.69, 9.17) is 0 Å². The molecule has 0 bridgehead atoms. The fourth-order valence-electron chi connectivity index (χ4n) is 1.91. The molecule has 0 atom stereocenters. The van der Waals surface area contributed by atoms with Gasteiger partial charge in [-0.3, -0.25) is 9.69 Å². The predicted molar refractivity (Wildman–Crippen MR) is 63.9 cm³/mol. The van der Waals surface area contributed by atoms with Crippen LogP contribution < -0.4 is 5.32 Å². The number of carbonyl (C=O) groups excluding carboxylic acids is 1. The van der Waals surface area contributed by atoms with E-state index in [1.165, 1.54) is 5.56 Å². The molecule has 2 rings (SSSR count). The number of carbonyl (C=O) groups is 1. The third-order valence-electron chi connectivity index (χ3n) is 2.68. The largest absolute Gasteiger partial charge is 0.390 e. The number of ketones is 1. The Morgan fingerprint density at radius 1 is 1.25 bits per heavy atom. The molecule has 0 saturated heterocycles. The number of hydrogen-bond acceptors (Lipinski definition) is 3. The molecule has 1 aliphatic rings. The van der Waals surface area contributed by atoms with Crippen molar-refractivity contribution in [2.75, 3.05) is 20.1 Å². The summed E-state index contributed by atoms with van der Waals surface area (Å²) in [6.07, 6.45) is 1.70. The zero-order chi connectivity index (χ0) is 11.4. The second-order valence-electron chi connectivity index (χ2n) is 4.02. The van der Waals surface area contributed by atoms with Crippen molar-refractivity contribution in [2.45, 2.75) is 6.54 Å². The number of likely N-dealkylation sites (N-methyl/N-ethyl adjacent to an activating group) is 1. The molecule has 1 N–H and O–H groups in total. The molecule has 3 heteroatoms. The third-order valence-corrected chi connectivity index (χ3v) is 2.68. The van der Waals surface area contributed by atoms with Gasteiger partial charge >= 0.3 is 0 Å². The Bertz CT molecular complexity index is 398. The molecule has 0 radical (unpaired) electrons. The molecule has 0 amide bonds. The molecule has 0 aromatic heterocycles. The van der Waals surface area contributed by atoms with E-state index >= 15 is 0 Å². The smallest absolute Gasteiger partial charge is 0.171 e. The van der Waals surface area contributed by atoms with Gasteiger partial charge in [-0.05, 0) is 5.56 Å². The summed E-state index contributed by atoms with van der Waals surface area (Å²) in [7, 11) is 1.85. The van der Waals surface area contributed by atoms with Gasteiger partial charge < -0.3 is 5.32 Å². The van der Waals surface area contributed by atoms with E-state index in [0.29, 0.717) is 6.54 Å². The van der Waals surface area contributed by atoms with E-state index in [-0.39, 0.29) is 5.78 Å². The Labute approximate surface area is 95.8 Å². The minimum absolute atomic E-state index is 0.173. The Morgan fingerprint density at radius 3 is 2.69 bits per heavy atom. The van der Waals surface area contributed by atoms with Crippen LogP contribution in [0.5, 0.6) is 0 Å². The first kappa shape index (κ1) is 10.9. The van der Waals surface area contributed by atoms with E-state index in [1.54, 1.807) is 6.08 Å². The highest BCUT2D eigenvalue weighted by molar-refractivity contribution is 5.92. The van der Waals surface area contributed by atoms with Crippen LogP contribution in [0.1, 0.15) is 5.56 Å². The first-order chi connectivity index (χ1) is 7.78. The first-order valence-electron chi connectivity index (χ1n) is 5.45. The van der Waals surface area contributed by atoms with Gasteiger partial charge in [0.05, 0.1) is 6.54 Å². The molecule has 16 heavy (non-hydrogen) atoms. The summed E-state index contributed by atoms with van der Waals surface area (Å²) in [5, 5.41) is 3.05. The molecule has 0 unspecified atom stereocenters. The van der Waals surface area contributed by atoms with Gasteiger partial charge in [-0.1, -0.05) is 30.3 Å². The summed E-state index contributed by atoms with van der Waals surface area (Å²) in [4.78, 5) is 13.6. The average molecular weight is 216 g/mol. The van der Waals surface area contributed by atoms with Crippen LogP contribution >= 0.6 is 0 Å². The Balaban J connectivity index is 2.02. The number of hydrogen-bond donors (Lipinski definition) is 1. The van der Waals surface area contributed by atoms with Crippen LogP contribution in [0.15, 0.2) is 42.1 Å². The first-order valence-corrected chi connectivity index (χ1v) is 5.45. The monoisotopic (exact) mass is 216 g/mol. The van der Waals surface area contributed by atoms with Crippen LogP contribution in [0, 0.1) is 0 Å². The highest BCUT2D eigenvalue weighted by atomic mass is 16.1. The molecule has 3 nitrogen and oxygen atoms in total. The Morgan fingerprint density at radius 2 is 2.00 bits per heavy atom. The zero-order valence-corrected chi connectivity index (χ0v) is 9.44. The Kier molecular flexibility index (Phi) is 3.37. The standard InChI is InChI=1S/C13H16N2O/c1-14-12-7-13(16)10-15(9-12)8-11-5-3-2-4-6-11/h2-7,14H,8-10H2,1H3. The van der Waals surface area contributed by atoms with Gasteiger partial charge in [0.15, 0.2) is 5.78 Å². The second kappa shape index (κ2) is 4.94. The topological polar surface area (TPSA) is 32.3 Å². The Hall–Kier alpha value is -1.61. The number of rotatable bonds is 3. The van der Waals surface area contributed by atoms with Crippen LogP contribution in [0.25, 0.3) is 0 Å². The maximum Gasteiger partial charge on any atom is 0.171 e. The minimum Gasteiger partial charge on any atom is -0.390 e. The van der Waals surface area contributed by atoms with Crippen LogP contribution in [0.2, 0.25) is 0 Å². The third kappa shape index (κ3) is 2.70. The SMILES string of the molecule is CNC1=CC(=O)CN(Cc2ccccc2)C1. The van der Waals surface area contributed by atoms with Gasteiger partial charge in [0, 0.05) is 31.9 Å². The molecule has 0 spiro atoms. The fraction of sp³-hybridized carbons (Fsp3) is 0.308. The molecule has 1 aromatic carbocycles. The molecule has 0 aliphatic carbocycles. The lowest BCUT2D eigenvalue weighted by Gasteiger charge is -2.26. The number of nitrogens with one attached hydrogen (secondary N) is 1. The van der Waals surface area contributed by atoms with Gasteiger partial charge in [0.25, 0.3) is 0 Å². The van der Waals surface area contributed by atoms with Crippen molar-refractivity contribution in [2.24, 2.45) is 0 Å². The van der Waals surface area contributed by atoms with Crippen molar-refractivity contribution >= 4 is 5.78 Å². The van der Waals surface area contributed by atoms with Crippen molar-refractivity contribution in [1.29, 1.82) is 0 Å². The van der Waals surface area contributed by atoms with E-state index in [0.717, 1.165) is 18.8 Å². The number of nitrogens with zero attached hydrogens (tertiary/aromatic N) is 1. The van der Waals surface area contributed by atoms with E-state index in [1.807, 2.05) is 25.2 Å². The summed E-state index contributed by atoms with van der Waals surface area (Å²) >= 11 is 0. The predicted octanol–water partition coefficient (Wildman–Crippen LogP) is 1.17. The lowest BCUT2D eigenvalue weighted by molar-refractivity contribution is -0.116. The van der Waals surface area contributed by atoms with E-state index in [2.05, 4.69) is 22.3 Å². The van der Waals surface area contributed by atoms with Crippen molar-refractivity contribution < 1.29 is 4.79 Å². The summed E-state index contributed by atoms with van der Waals surface area (Å²) < 4.78 is 0. The van der Waals surface area contributed by atoms with Crippen molar-refractivity contribution in [3.63, 3.8) is 0 Å². The summed E-state index contributed by atoms with van der Waals surface area (Å²) in [5.74, 6) is 0.173. The summed E-state index contributed by atoms with van der Waals surface area (Å²) in [6.45, 7) is 2.16. The van der Waals surface area contributed by atoms with Crippen LogP contribution in [0.4, 0.5) is 0 Å². The lowest BCUT2D eigenvalue weighted by Crippen LogP contribution is -2.37. The maximum atomic E-state index is 11.5. The van der Waals surface area contributed by atoms with Gasteiger partial charge in [0.1, 0.15) is 0 Å². The van der Waals surface area contributed by atoms with Gasteiger partial charge in [-0.2, -0.15) is 0 Å².